The Morgan fingerprint density at radius 3 is 2.07 bits per heavy atom. The molecule has 4 rings (SSSR count). The van der Waals surface area contributed by atoms with Crippen molar-refractivity contribution >= 4 is 71.4 Å². The van der Waals surface area contributed by atoms with Crippen LogP contribution in [-0.2, 0) is 19.1 Å². The number of ether oxygens (including phenoxy) is 1. The minimum atomic E-state index is -0.759. The monoisotopic (exact) mass is 575 g/mol. The Labute approximate surface area is 186 Å². The minimum Gasteiger partial charge on any atom is -0.456 e. The van der Waals surface area contributed by atoms with E-state index in [9.17, 15) is 19.2 Å². The van der Waals surface area contributed by atoms with E-state index in [0.717, 1.165) is 15.8 Å². The van der Waals surface area contributed by atoms with Crippen LogP contribution in [-0.4, -0.2) is 51.3 Å². The third-order valence-corrected chi connectivity index (χ3v) is 9.63. The summed E-state index contributed by atoms with van der Waals surface area (Å²) >= 11 is 10.5. The summed E-state index contributed by atoms with van der Waals surface area (Å²) in [6.45, 7) is -0.876. The molecule has 1 saturated heterocycles. The van der Waals surface area contributed by atoms with Gasteiger partial charge in [-0.25, -0.2) is 0 Å². The first-order valence-electron chi connectivity index (χ1n) is 8.87. The van der Waals surface area contributed by atoms with Gasteiger partial charge >= 0.3 is 5.97 Å². The third-order valence-electron chi connectivity index (χ3n) is 5.90. The van der Waals surface area contributed by atoms with E-state index in [1.807, 2.05) is 0 Å². The zero-order valence-corrected chi connectivity index (χ0v) is 19.3. The van der Waals surface area contributed by atoms with Crippen LogP contribution in [0.1, 0.15) is 16.8 Å². The van der Waals surface area contributed by atoms with Crippen LogP contribution in [0.4, 0.5) is 0 Å². The number of Topliss-reactive ketones (excluding diaryl/α,β-unsaturated/α-hetero) is 1. The number of halogens is 3. The van der Waals surface area contributed by atoms with E-state index in [0.29, 0.717) is 5.56 Å². The summed E-state index contributed by atoms with van der Waals surface area (Å²) in [5.41, 5.74) is 0.419. The number of ketones is 1. The molecule has 9 heteroatoms. The van der Waals surface area contributed by atoms with Gasteiger partial charge in [0.15, 0.2) is 12.4 Å². The second-order valence-corrected chi connectivity index (χ2v) is 10.4. The summed E-state index contributed by atoms with van der Waals surface area (Å²) in [7, 11) is 0. The third kappa shape index (κ3) is 3.29. The van der Waals surface area contributed by atoms with E-state index >= 15 is 0 Å². The molecule has 2 saturated carbocycles. The molecular formula is C19H16Br3NO5. The maximum Gasteiger partial charge on any atom is 0.326 e. The molecule has 28 heavy (non-hydrogen) atoms. The number of benzene rings is 1. The van der Waals surface area contributed by atoms with Crippen LogP contribution >= 0.6 is 47.8 Å². The van der Waals surface area contributed by atoms with E-state index in [2.05, 4.69) is 47.8 Å². The summed E-state index contributed by atoms with van der Waals surface area (Å²) in [6, 6.07) is 6.69. The summed E-state index contributed by atoms with van der Waals surface area (Å²) < 4.78 is 5.85. The van der Waals surface area contributed by atoms with Crippen LogP contribution in [0.5, 0.6) is 0 Å². The number of amides is 2. The van der Waals surface area contributed by atoms with E-state index in [1.54, 1.807) is 24.3 Å². The first-order valence-corrected chi connectivity index (χ1v) is 11.5. The molecule has 6 atom stereocenters. The van der Waals surface area contributed by atoms with E-state index < -0.39 is 19.1 Å². The van der Waals surface area contributed by atoms with Gasteiger partial charge in [0.05, 0.1) is 11.8 Å². The van der Waals surface area contributed by atoms with Crippen molar-refractivity contribution in [3.63, 3.8) is 0 Å². The Morgan fingerprint density at radius 2 is 1.54 bits per heavy atom. The van der Waals surface area contributed by atoms with Gasteiger partial charge in [0.2, 0.25) is 11.8 Å². The van der Waals surface area contributed by atoms with Crippen molar-refractivity contribution in [3.8, 4) is 0 Å². The molecule has 0 unspecified atom stereocenters. The van der Waals surface area contributed by atoms with Crippen molar-refractivity contribution in [2.24, 2.45) is 23.7 Å². The number of nitrogens with zero attached hydrogens (tertiary/aromatic N) is 1. The number of fused-ring (bicyclic) bond motifs is 5. The molecular weight excluding hydrogens is 562 g/mol. The van der Waals surface area contributed by atoms with Gasteiger partial charge in [-0.05, 0) is 30.4 Å². The molecule has 0 spiro atoms. The highest BCUT2D eigenvalue weighted by Gasteiger charge is 2.66. The zero-order valence-electron chi connectivity index (χ0n) is 14.5. The van der Waals surface area contributed by atoms with E-state index in [4.69, 9.17) is 4.74 Å². The number of alkyl halides is 2. The van der Waals surface area contributed by atoms with E-state index in [-0.39, 0.29) is 50.9 Å². The molecule has 3 fully saturated rings. The standard InChI is InChI=1S/C19H16Br3NO5/c20-9-3-1-8(2-4-9)12(24)7-28-13(25)6-23-18(26)14-10-5-11(15(14)19(23)27)17(22)16(10)21/h1-4,10-11,14-17H,5-7H2/t10-,11-,14-,15+,16-,17+/m1/s1. The number of likely N-dealkylation sites (tertiary alicyclic amines) is 1. The second kappa shape index (κ2) is 7.65. The molecule has 3 aliphatic rings. The maximum absolute atomic E-state index is 12.8. The fourth-order valence-electron chi connectivity index (χ4n) is 4.61. The van der Waals surface area contributed by atoms with E-state index in [1.165, 1.54) is 0 Å². The highest BCUT2D eigenvalue weighted by Crippen LogP contribution is 2.60. The molecule has 0 radical (unpaired) electrons. The van der Waals surface area contributed by atoms with Crippen LogP contribution in [0, 0.1) is 23.7 Å². The summed E-state index contributed by atoms with van der Waals surface area (Å²) in [6.07, 6.45) is 0.832. The number of hydrogen-bond acceptors (Lipinski definition) is 5. The van der Waals surface area contributed by atoms with Gasteiger partial charge in [-0.3, -0.25) is 24.1 Å². The fraction of sp³-hybridized carbons (Fsp3) is 0.474. The first-order chi connectivity index (χ1) is 13.3. The van der Waals surface area contributed by atoms with Crippen molar-refractivity contribution in [3.05, 3.63) is 34.3 Å². The van der Waals surface area contributed by atoms with Crippen LogP contribution in [0.2, 0.25) is 0 Å². The van der Waals surface area contributed by atoms with Crippen LogP contribution in [0.25, 0.3) is 0 Å². The lowest BCUT2D eigenvalue weighted by atomic mass is 9.81. The Hall–Kier alpha value is -1.06. The number of rotatable bonds is 5. The minimum absolute atomic E-state index is 0.0934. The number of imide groups is 1. The van der Waals surface area contributed by atoms with Gasteiger partial charge in [0, 0.05) is 19.7 Å². The lowest BCUT2D eigenvalue weighted by Crippen LogP contribution is -2.38. The predicted octanol–water partition coefficient (Wildman–Crippen LogP) is 2.95. The zero-order chi connectivity index (χ0) is 20.2. The Balaban J connectivity index is 1.36. The molecule has 1 aromatic carbocycles. The van der Waals surface area contributed by atoms with Gasteiger partial charge < -0.3 is 4.74 Å². The first kappa shape index (κ1) is 20.2. The average molecular weight is 578 g/mol. The van der Waals surface area contributed by atoms with Crippen molar-refractivity contribution in [1.82, 2.24) is 4.90 Å². The average Bonchev–Trinajstić information content (AvgIpc) is 3.27. The molecule has 0 N–H and O–H groups in total. The fourth-order valence-corrected chi connectivity index (χ4v) is 6.74. The van der Waals surface area contributed by atoms with Crippen molar-refractivity contribution in [2.45, 2.75) is 16.1 Å². The van der Waals surface area contributed by atoms with Crippen LogP contribution in [0.3, 0.4) is 0 Å². The van der Waals surface area contributed by atoms with Crippen LogP contribution < -0.4 is 0 Å². The SMILES string of the molecule is O=C(CN1C(=O)[C@@H]2[C@H]3C[C@@H]([C@H](Br)[C@@H]3Br)[C@@H]2C1=O)OCC(=O)c1ccc(Br)cc1. The number of esters is 1. The molecule has 148 valence electrons. The summed E-state index contributed by atoms with van der Waals surface area (Å²) in [5, 5.41) is 0. The molecule has 2 bridgehead atoms. The van der Waals surface area contributed by atoms with Gasteiger partial charge in [0.1, 0.15) is 6.54 Å². The largest absolute Gasteiger partial charge is 0.456 e. The lowest BCUT2D eigenvalue weighted by Gasteiger charge is -2.28. The number of hydrogen-bond donors (Lipinski definition) is 0. The molecule has 0 aromatic heterocycles. The Morgan fingerprint density at radius 1 is 1.00 bits per heavy atom. The smallest absolute Gasteiger partial charge is 0.326 e. The van der Waals surface area contributed by atoms with Gasteiger partial charge in [-0.15, -0.1) is 0 Å². The molecule has 2 amide bonds. The van der Waals surface area contributed by atoms with Gasteiger partial charge in [-0.1, -0.05) is 59.9 Å². The lowest BCUT2D eigenvalue weighted by molar-refractivity contribution is -0.152. The predicted molar refractivity (Wildman–Crippen MR) is 110 cm³/mol. The van der Waals surface area contributed by atoms with Crippen molar-refractivity contribution in [1.29, 1.82) is 0 Å². The summed E-state index contributed by atoms with van der Waals surface area (Å²) in [4.78, 5) is 51.1. The van der Waals surface area contributed by atoms with Crippen molar-refractivity contribution in [2.75, 3.05) is 13.2 Å². The summed E-state index contributed by atoms with van der Waals surface area (Å²) in [5.74, 6) is -2.26. The van der Waals surface area contributed by atoms with Crippen LogP contribution in [0.15, 0.2) is 28.7 Å². The molecule has 1 heterocycles. The quantitative estimate of drug-likeness (QED) is 0.233. The van der Waals surface area contributed by atoms with Crippen molar-refractivity contribution < 1.29 is 23.9 Å². The normalized spacial score (nSPS) is 33.3. The van der Waals surface area contributed by atoms with Gasteiger partial charge in [-0.2, -0.15) is 0 Å². The maximum atomic E-state index is 12.8. The number of carbonyl (C=O) groups excluding carboxylic acids is 4. The van der Waals surface area contributed by atoms with Gasteiger partial charge in [0.25, 0.3) is 0 Å². The highest BCUT2D eigenvalue weighted by molar-refractivity contribution is 9.12. The molecule has 1 aliphatic heterocycles. The topological polar surface area (TPSA) is 80.8 Å². The molecule has 2 aliphatic carbocycles. The highest BCUT2D eigenvalue weighted by atomic mass is 79.9. The Kier molecular flexibility index (Phi) is 5.52. The number of carbonyl (C=O) groups is 4. The molecule has 1 aromatic rings. The Bertz CT molecular complexity index is 826. The molecule has 6 nitrogen and oxygen atoms in total. The second-order valence-electron chi connectivity index (χ2n) is 7.36.